The van der Waals surface area contributed by atoms with E-state index in [1.165, 1.54) is 17.7 Å². The first-order valence-electron chi connectivity index (χ1n) is 7.23. The average molecular weight is 280 g/mol. The number of nitrogens with one attached hydrogen (secondary N) is 1. The molecule has 1 saturated carbocycles. The van der Waals surface area contributed by atoms with Crippen LogP contribution in [0.2, 0.25) is 0 Å². The highest BCUT2D eigenvalue weighted by Crippen LogP contribution is 2.34. The molecule has 0 aromatic carbocycles. The van der Waals surface area contributed by atoms with Crippen molar-refractivity contribution in [3.8, 4) is 0 Å². The van der Waals surface area contributed by atoms with Gasteiger partial charge in [-0.2, -0.15) is 0 Å². The molecule has 1 aliphatic rings. The summed E-state index contributed by atoms with van der Waals surface area (Å²) in [7, 11) is 0. The van der Waals surface area contributed by atoms with Gasteiger partial charge < -0.3 is 5.73 Å². The molecule has 1 amide bonds. The quantitative estimate of drug-likeness (QED) is 0.841. The lowest BCUT2D eigenvalue weighted by molar-refractivity contribution is -0.126. The predicted octanol–water partition coefficient (Wildman–Crippen LogP) is 3.05. The van der Waals surface area contributed by atoms with Crippen LogP contribution in [0.3, 0.4) is 0 Å². The van der Waals surface area contributed by atoms with Crippen molar-refractivity contribution in [2.45, 2.75) is 57.5 Å². The van der Waals surface area contributed by atoms with Gasteiger partial charge in [-0.15, -0.1) is 11.3 Å². The SMILES string of the molecule is CCCC1CCC(NCc2cccs2)(C(N)=O)CC1. The fourth-order valence-electron chi connectivity index (χ4n) is 3.05. The summed E-state index contributed by atoms with van der Waals surface area (Å²) in [6, 6.07) is 4.13. The van der Waals surface area contributed by atoms with E-state index in [4.69, 9.17) is 5.73 Å². The minimum Gasteiger partial charge on any atom is -0.368 e. The van der Waals surface area contributed by atoms with Crippen LogP contribution >= 0.6 is 11.3 Å². The van der Waals surface area contributed by atoms with Gasteiger partial charge in [0.1, 0.15) is 0 Å². The first-order valence-corrected chi connectivity index (χ1v) is 8.11. The first kappa shape index (κ1) is 14.5. The van der Waals surface area contributed by atoms with Gasteiger partial charge in [0.2, 0.25) is 5.91 Å². The second-order valence-corrected chi connectivity index (χ2v) is 6.64. The van der Waals surface area contributed by atoms with Gasteiger partial charge in [-0.05, 0) is 43.0 Å². The van der Waals surface area contributed by atoms with E-state index in [0.29, 0.717) is 0 Å². The largest absolute Gasteiger partial charge is 0.368 e. The lowest BCUT2D eigenvalue weighted by Gasteiger charge is -2.38. The maximum Gasteiger partial charge on any atom is 0.237 e. The molecule has 1 fully saturated rings. The van der Waals surface area contributed by atoms with Gasteiger partial charge in [0, 0.05) is 11.4 Å². The lowest BCUT2D eigenvalue weighted by Crippen LogP contribution is -2.56. The number of carbonyl (C=O) groups excluding carboxylic acids is 1. The third-order valence-corrected chi connectivity index (χ3v) is 5.18. The maximum absolute atomic E-state index is 11.9. The fourth-order valence-corrected chi connectivity index (χ4v) is 3.69. The molecule has 1 aromatic heterocycles. The summed E-state index contributed by atoms with van der Waals surface area (Å²) in [5, 5.41) is 5.50. The molecule has 2 rings (SSSR count). The van der Waals surface area contributed by atoms with Gasteiger partial charge in [0.05, 0.1) is 5.54 Å². The standard InChI is InChI=1S/C15H24N2OS/c1-2-4-12-6-8-15(9-7-12,14(16)18)17-11-13-5-3-10-19-13/h3,5,10,12,17H,2,4,6-9,11H2,1H3,(H2,16,18). The molecule has 0 unspecified atom stereocenters. The maximum atomic E-state index is 11.9. The van der Waals surface area contributed by atoms with E-state index in [0.717, 1.165) is 38.1 Å². The summed E-state index contributed by atoms with van der Waals surface area (Å²) < 4.78 is 0. The van der Waals surface area contributed by atoms with Crippen molar-refractivity contribution >= 4 is 17.2 Å². The van der Waals surface area contributed by atoms with Crippen molar-refractivity contribution < 1.29 is 4.79 Å². The van der Waals surface area contributed by atoms with Gasteiger partial charge in [-0.1, -0.05) is 25.8 Å². The molecule has 1 heterocycles. The lowest BCUT2D eigenvalue weighted by atomic mass is 9.74. The Balaban J connectivity index is 1.94. The summed E-state index contributed by atoms with van der Waals surface area (Å²) in [5.41, 5.74) is 5.19. The Morgan fingerprint density at radius 1 is 1.53 bits per heavy atom. The Bertz CT molecular complexity index is 394. The van der Waals surface area contributed by atoms with E-state index in [9.17, 15) is 4.79 Å². The van der Waals surface area contributed by atoms with Crippen LogP contribution in [0, 0.1) is 5.92 Å². The fraction of sp³-hybridized carbons (Fsp3) is 0.667. The van der Waals surface area contributed by atoms with Crippen LogP contribution in [0.1, 0.15) is 50.3 Å². The molecule has 1 aliphatic carbocycles. The van der Waals surface area contributed by atoms with Crippen molar-refractivity contribution in [1.82, 2.24) is 5.32 Å². The number of hydrogen-bond donors (Lipinski definition) is 2. The Hall–Kier alpha value is -0.870. The molecule has 4 heteroatoms. The van der Waals surface area contributed by atoms with Crippen molar-refractivity contribution in [3.05, 3.63) is 22.4 Å². The molecular formula is C15H24N2OS. The number of carbonyl (C=O) groups is 1. The smallest absolute Gasteiger partial charge is 0.237 e. The van der Waals surface area contributed by atoms with Crippen LogP contribution in [0.4, 0.5) is 0 Å². The number of thiophene rings is 1. The Labute approximate surface area is 119 Å². The van der Waals surface area contributed by atoms with Crippen molar-refractivity contribution in [3.63, 3.8) is 0 Å². The molecule has 1 aromatic rings. The van der Waals surface area contributed by atoms with Gasteiger partial charge in [-0.25, -0.2) is 0 Å². The van der Waals surface area contributed by atoms with E-state index < -0.39 is 5.54 Å². The molecule has 3 nitrogen and oxygen atoms in total. The van der Waals surface area contributed by atoms with E-state index in [-0.39, 0.29) is 5.91 Å². The number of rotatable bonds is 6. The number of primary amides is 1. The zero-order valence-electron chi connectivity index (χ0n) is 11.7. The molecule has 0 bridgehead atoms. The van der Waals surface area contributed by atoms with E-state index >= 15 is 0 Å². The van der Waals surface area contributed by atoms with Gasteiger partial charge >= 0.3 is 0 Å². The topological polar surface area (TPSA) is 55.1 Å². The Kier molecular flexibility index (Phi) is 4.99. The number of nitrogens with two attached hydrogens (primary N) is 1. The van der Waals surface area contributed by atoms with Gasteiger partial charge in [0.15, 0.2) is 0 Å². The summed E-state index contributed by atoms with van der Waals surface area (Å²) in [4.78, 5) is 13.1. The van der Waals surface area contributed by atoms with Crippen molar-refractivity contribution in [2.24, 2.45) is 11.7 Å². The van der Waals surface area contributed by atoms with E-state index in [1.807, 2.05) is 6.07 Å². The Morgan fingerprint density at radius 3 is 2.79 bits per heavy atom. The predicted molar refractivity (Wildman–Crippen MR) is 80.0 cm³/mol. The number of hydrogen-bond acceptors (Lipinski definition) is 3. The van der Waals surface area contributed by atoms with Crippen LogP contribution < -0.4 is 11.1 Å². The van der Waals surface area contributed by atoms with Crippen LogP contribution in [-0.2, 0) is 11.3 Å². The third-order valence-electron chi connectivity index (χ3n) is 4.31. The van der Waals surface area contributed by atoms with Gasteiger partial charge in [0.25, 0.3) is 0 Å². The molecule has 0 spiro atoms. The van der Waals surface area contributed by atoms with Crippen LogP contribution in [0.15, 0.2) is 17.5 Å². The zero-order chi connectivity index (χ0) is 13.7. The van der Waals surface area contributed by atoms with E-state index in [2.05, 4.69) is 23.7 Å². The minimum atomic E-state index is -0.478. The van der Waals surface area contributed by atoms with Gasteiger partial charge in [-0.3, -0.25) is 10.1 Å². The second-order valence-electron chi connectivity index (χ2n) is 5.61. The second kappa shape index (κ2) is 6.53. The summed E-state index contributed by atoms with van der Waals surface area (Å²) in [6.45, 7) is 2.98. The molecule has 0 radical (unpaired) electrons. The molecule has 0 atom stereocenters. The molecule has 106 valence electrons. The summed E-state index contributed by atoms with van der Waals surface area (Å²) in [5.74, 6) is 0.597. The molecule has 0 aliphatic heterocycles. The Morgan fingerprint density at radius 2 is 2.26 bits per heavy atom. The third kappa shape index (κ3) is 3.57. The molecule has 3 N–H and O–H groups in total. The molecular weight excluding hydrogens is 256 g/mol. The molecule has 0 saturated heterocycles. The first-order chi connectivity index (χ1) is 9.16. The summed E-state index contributed by atoms with van der Waals surface area (Å²) in [6.07, 6.45) is 6.52. The van der Waals surface area contributed by atoms with Crippen molar-refractivity contribution in [1.29, 1.82) is 0 Å². The highest BCUT2D eigenvalue weighted by molar-refractivity contribution is 7.09. The summed E-state index contributed by atoms with van der Waals surface area (Å²) >= 11 is 1.72. The average Bonchev–Trinajstić information content (AvgIpc) is 2.91. The van der Waals surface area contributed by atoms with Crippen LogP contribution in [0.25, 0.3) is 0 Å². The zero-order valence-corrected chi connectivity index (χ0v) is 12.5. The highest BCUT2D eigenvalue weighted by Gasteiger charge is 2.39. The van der Waals surface area contributed by atoms with Crippen LogP contribution in [0.5, 0.6) is 0 Å². The molecule has 19 heavy (non-hydrogen) atoms. The van der Waals surface area contributed by atoms with Crippen LogP contribution in [-0.4, -0.2) is 11.4 Å². The highest BCUT2D eigenvalue weighted by atomic mass is 32.1. The van der Waals surface area contributed by atoms with E-state index in [1.54, 1.807) is 11.3 Å². The normalized spacial score (nSPS) is 27.3. The van der Waals surface area contributed by atoms with Crippen molar-refractivity contribution in [2.75, 3.05) is 0 Å². The monoisotopic (exact) mass is 280 g/mol. The minimum absolute atomic E-state index is 0.181. The number of amides is 1.